The van der Waals surface area contributed by atoms with Crippen molar-refractivity contribution in [1.29, 1.82) is 0 Å². The number of aromatic carboxylic acids is 1. The third-order valence-corrected chi connectivity index (χ3v) is 5.46. The normalized spacial score (nSPS) is 16.6. The molecule has 32 heavy (non-hydrogen) atoms. The Labute approximate surface area is 184 Å². The van der Waals surface area contributed by atoms with E-state index in [0.717, 1.165) is 17.7 Å². The van der Waals surface area contributed by atoms with E-state index in [9.17, 15) is 23.2 Å². The van der Waals surface area contributed by atoms with Gasteiger partial charge in [-0.1, -0.05) is 18.2 Å². The molecule has 1 aliphatic heterocycles. The average Bonchev–Trinajstić information content (AvgIpc) is 3.25. The standard InChI is InChI=1S/C23H25F2N3O4/c24-18-8-5-15(11-19(18)25)10-17(26)12-21(29)28-9-1-2-20(28)22(30)27-13-14-3-6-16(7-4-14)23(31)32/h3-8,11,17,20H,1-2,9-10,12-13,26H2,(H,27,30)(H,31,32)/t17?,20-/m0/s1. The van der Waals surface area contributed by atoms with E-state index in [1.54, 1.807) is 12.1 Å². The first-order chi connectivity index (χ1) is 15.2. The second-order valence-corrected chi connectivity index (χ2v) is 7.88. The van der Waals surface area contributed by atoms with Gasteiger partial charge in [0.25, 0.3) is 0 Å². The zero-order valence-electron chi connectivity index (χ0n) is 17.4. The summed E-state index contributed by atoms with van der Waals surface area (Å²) in [5, 5.41) is 11.7. The molecule has 2 aromatic carbocycles. The molecule has 1 aliphatic rings. The third-order valence-electron chi connectivity index (χ3n) is 5.46. The third kappa shape index (κ3) is 5.88. The predicted molar refractivity (Wildman–Crippen MR) is 113 cm³/mol. The number of carbonyl (C=O) groups is 3. The van der Waals surface area contributed by atoms with E-state index < -0.39 is 29.7 Å². The zero-order chi connectivity index (χ0) is 23.3. The van der Waals surface area contributed by atoms with Crippen molar-refractivity contribution < 1.29 is 28.3 Å². The summed E-state index contributed by atoms with van der Waals surface area (Å²) < 4.78 is 26.4. The summed E-state index contributed by atoms with van der Waals surface area (Å²) in [7, 11) is 0. The molecule has 0 aromatic heterocycles. The van der Waals surface area contributed by atoms with Gasteiger partial charge in [-0.05, 0) is 54.7 Å². The van der Waals surface area contributed by atoms with Crippen molar-refractivity contribution in [2.45, 2.75) is 44.3 Å². The van der Waals surface area contributed by atoms with E-state index in [1.807, 2.05) is 0 Å². The van der Waals surface area contributed by atoms with Crippen LogP contribution in [-0.2, 0) is 22.6 Å². The van der Waals surface area contributed by atoms with Crippen LogP contribution in [0.5, 0.6) is 0 Å². The Balaban J connectivity index is 1.52. The highest BCUT2D eigenvalue weighted by atomic mass is 19.2. The van der Waals surface area contributed by atoms with Crippen LogP contribution in [0.4, 0.5) is 8.78 Å². The zero-order valence-corrected chi connectivity index (χ0v) is 17.4. The highest BCUT2D eigenvalue weighted by Gasteiger charge is 2.34. The summed E-state index contributed by atoms with van der Waals surface area (Å²) in [4.78, 5) is 37.8. The van der Waals surface area contributed by atoms with E-state index in [-0.39, 0.29) is 36.8 Å². The van der Waals surface area contributed by atoms with Crippen LogP contribution in [0.15, 0.2) is 42.5 Å². The number of nitrogens with two attached hydrogens (primary N) is 1. The number of carboxylic acid groups (broad SMARTS) is 1. The summed E-state index contributed by atoms with van der Waals surface area (Å²) in [6.45, 7) is 0.662. The SMILES string of the molecule is NC(CC(=O)N1CCC[C@H]1C(=O)NCc1ccc(C(=O)O)cc1)Cc1ccc(F)c(F)c1. The van der Waals surface area contributed by atoms with Gasteiger partial charge in [0.05, 0.1) is 5.56 Å². The van der Waals surface area contributed by atoms with E-state index in [4.69, 9.17) is 10.8 Å². The fourth-order valence-corrected chi connectivity index (χ4v) is 3.79. The molecule has 0 spiro atoms. The highest BCUT2D eigenvalue weighted by Crippen LogP contribution is 2.20. The lowest BCUT2D eigenvalue weighted by atomic mass is 10.0. The molecule has 0 radical (unpaired) electrons. The second kappa shape index (κ2) is 10.3. The van der Waals surface area contributed by atoms with Gasteiger partial charge in [-0.25, -0.2) is 13.6 Å². The van der Waals surface area contributed by atoms with Gasteiger partial charge in [-0.3, -0.25) is 9.59 Å². The molecule has 1 heterocycles. The van der Waals surface area contributed by atoms with Crippen LogP contribution < -0.4 is 11.1 Å². The number of nitrogens with one attached hydrogen (secondary N) is 1. The van der Waals surface area contributed by atoms with Gasteiger partial charge < -0.3 is 21.1 Å². The Hall–Kier alpha value is -3.33. The van der Waals surface area contributed by atoms with Gasteiger partial charge in [-0.2, -0.15) is 0 Å². The largest absolute Gasteiger partial charge is 0.478 e. The number of amides is 2. The van der Waals surface area contributed by atoms with Gasteiger partial charge in [0, 0.05) is 25.6 Å². The van der Waals surface area contributed by atoms with Crippen molar-refractivity contribution in [3.63, 3.8) is 0 Å². The van der Waals surface area contributed by atoms with E-state index >= 15 is 0 Å². The number of rotatable bonds is 8. The maximum Gasteiger partial charge on any atom is 0.335 e. The molecule has 2 aromatic rings. The maximum atomic E-state index is 13.4. The molecule has 0 bridgehead atoms. The molecule has 3 rings (SSSR count). The minimum absolute atomic E-state index is 0.0145. The summed E-state index contributed by atoms with van der Waals surface area (Å²) in [6, 6.07) is 8.49. The summed E-state index contributed by atoms with van der Waals surface area (Å²) in [6.07, 6.45) is 1.42. The molecular formula is C23H25F2N3O4. The van der Waals surface area contributed by atoms with Crippen molar-refractivity contribution in [2.24, 2.45) is 5.73 Å². The van der Waals surface area contributed by atoms with Gasteiger partial charge >= 0.3 is 5.97 Å². The first-order valence-electron chi connectivity index (χ1n) is 10.3. The molecule has 4 N–H and O–H groups in total. The lowest BCUT2D eigenvalue weighted by Crippen LogP contribution is -2.47. The molecule has 1 unspecified atom stereocenters. The number of halogens is 2. The second-order valence-electron chi connectivity index (χ2n) is 7.88. The molecule has 7 nitrogen and oxygen atoms in total. The van der Waals surface area contributed by atoms with E-state index in [1.165, 1.54) is 23.1 Å². The van der Waals surface area contributed by atoms with Gasteiger partial charge in [0.2, 0.25) is 11.8 Å². The van der Waals surface area contributed by atoms with Gasteiger partial charge in [0.1, 0.15) is 6.04 Å². The quantitative estimate of drug-likeness (QED) is 0.577. The van der Waals surface area contributed by atoms with Crippen molar-refractivity contribution in [3.8, 4) is 0 Å². The van der Waals surface area contributed by atoms with Crippen molar-refractivity contribution in [2.75, 3.05) is 6.54 Å². The number of carbonyl (C=O) groups excluding carboxylic acids is 2. The topological polar surface area (TPSA) is 113 Å². The Morgan fingerprint density at radius 3 is 2.44 bits per heavy atom. The van der Waals surface area contributed by atoms with Gasteiger partial charge in [0.15, 0.2) is 11.6 Å². The molecule has 1 fully saturated rings. The minimum Gasteiger partial charge on any atom is -0.478 e. The van der Waals surface area contributed by atoms with Crippen LogP contribution in [0.25, 0.3) is 0 Å². The molecule has 2 amide bonds. The number of benzene rings is 2. The Morgan fingerprint density at radius 1 is 1.09 bits per heavy atom. The summed E-state index contributed by atoms with van der Waals surface area (Å²) >= 11 is 0. The Bertz CT molecular complexity index is 997. The summed E-state index contributed by atoms with van der Waals surface area (Å²) in [5.74, 6) is -3.48. The van der Waals surface area contributed by atoms with Crippen LogP contribution in [0.3, 0.4) is 0 Å². The molecular weight excluding hydrogens is 420 g/mol. The number of carboxylic acids is 1. The first-order valence-corrected chi connectivity index (χ1v) is 10.3. The van der Waals surface area contributed by atoms with E-state index in [0.29, 0.717) is 24.9 Å². The highest BCUT2D eigenvalue weighted by molar-refractivity contribution is 5.89. The molecule has 0 saturated carbocycles. The predicted octanol–water partition coefficient (Wildman–Crippen LogP) is 2.23. The van der Waals surface area contributed by atoms with Crippen LogP contribution >= 0.6 is 0 Å². The smallest absolute Gasteiger partial charge is 0.335 e. The maximum absolute atomic E-state index is 13.4. The van der Waals surface area contributed by atoms with E-state index in [2.05, 4.69) is 5.32 Å². The molecule has 1 saturated heterocycles. The van der Waals surface area contributed by atoms with Crippen molar-refractivity contribution in [1.82, 2.24) is 10.2 Å². The fourth-order valence-electron chi connectivity index (χ4n) is 3.79. The molecule has 170 valence electrons. The van der Waals surface area contributed by atoms with Crippen molar-refractivity contribution >= 4 is 17.8 Å². The van der Waals surface area contributed by atoms with Crippen LogP contribution in [0, 0.1) is 11.6 Å². The molecule has 9 heteroatoms. The monoisotopic (exact) mass is 445 g/mol. The van der Waals surface area contributed by atoms with Gasteiger partial charge in [-0.15, -0.1) is 0 Å². The molecule has 2 atom stereocenters. The van der Waals surface area contributed by atoms with Crippen LogP contribution in [0.2, 0.25) is 0 Å². The molecule has 0 aliphatic carbocycles. The number of nitrogens with zero attached hydrogens (tertiary/aromatic N) is 1. The Morgan fingerprint density at radius 2 is 1.78 bits per heavy atom. The number of hydrogen-bond donors (Lipinski definition) is 3. The first kappa shape index (κ1) is 23.3. The lowest BCUT2D eigenvalue weighted by Gasteiger charge is -2.25. The Kier molecular flexibility index (Phi) is 7.53. The lowest BCUT2D eigenvalue weighted by molar-refractivity contribution is -0.138. The number of hydrogen-bond acceptors (Lipinski definition) is 4. The van der Waals surface area contributed by atoms with Crippen molar-refractivity contribution in [3.05, 3.63) is 70.8 Å². The minimum atomic E-state index is -1.02. The van der Waals surface area contributed by atoms with Crippen LogP contribution in [0.1, 0.15) is 40.7 Å². The fraction of sp³-hybridized carbons (Fsp3) is 0.348. The van der Waals surface area contributed by atoms with Crippen LogP contribution in [-0.4, -0.2) is 46.4 Å². The summed E-state index contributed by atoms with van der Waals surface area (Å²) in [5.41, 5.74) is 7.44. The number of likely N-dealkylation sites (tertiary alicyclic amines) is 1. The average molecular weight is 445 g/mol.